The maximum atomic E-state index is 12.3. The van der Waals surface area contributed by atoms with Gasteiger partial charge in [0, 0.05) is 26.2 Å². The summed E-state index contributed by atoms with van der Waals surface area (Å²) in [6, 6.07) is 0.169. The molecule has 0 aromatic heterocycles. The lowest BCUT2D eigenvalue weighted by Crippen LogP contribution is -2.39. The molecular formula is C14H28N2O2. The Kier molecular flexibility index (Phi) is 6.09. The molecule has 2 N–H and O–H groups in total. The van der Waals surface area contributed by atoms with Crippen molar-refractivity contribution in [2.75, 3.05) is 20.2 Å². The minimum Gasteiger partial charge on any atom is -0.377 e. The van der Waals surface area contributed by atoms with E-state index in [1.54, 1.807) is 0 Å². The molecule has 106 valence electrons. The van der Waals surface area contributed by atoms with Crippen molar-refractivity contribution in [3.63, 3.8) is 0 Å². The molecule has 3 unspecified atom stereocenters. The zero-order valence-electron chi connectivity index (χ0n) is 12.2. The highest BCUT2D eigenvalue weighted by atomic mass is 16.5. The van der Waals surface area contributed by atoms with E-state index in [2.05, 4.69) is 20.8 Å². The Morgan fingerprint density at radius 2 is 2.17 bits per heavy atom. The van der Waals surface area contributed by atoms with Crippen LogP contribution >= 0.6 is 0 Å². The third-order valence-electron chi connectivity index (χ3n) is 3.96. The second-order valence-electron chi connectivity index (χ2n) is 5.67. The van der Waals surface area contributed by atoms with E-state index in [0.717, 1.165) is 25.8 Å². The number of hydrogen-bond donors (Lipinski definition) is 1. The smallest absolute Gasteiger partial charge is 0.228 e. The lowest BCUT2D eigenvalue weighted by Gasteiger charge is -2.25. The molecule has 0 aromatic carbocycles. The van der Waals surface area contributed by atoms with Gasteiger partial charge in [-0.3, -0.25) is 4.79 Å². The minimum atomic E-state index is 0.0512. The van der Waals surface area contributed by atoms with Crippen LogP contribution in [0.1, 0.15) is 40.0 Å². The van der Waals surface area contributed by atoms with E-state index in [0.29, 0.717) is 12.5 Å². The molecule has 1 saturated heterocycles. The van der Waals surface area contributed by atoms with Gasteiger partial charge in [0.1, 0.15) is 0 Å². The lowest BCUT2D eigenvalue weighted by atomic mass is 9.97. The van der Waals surface area contributed by atoms with Crippen LogP contribution in [-0.2, 0) is 9.53 Å². The van der Waals surface area contributed by atoms with Crippen molar-refractivity contribution >= 4 is 5.91 Å². The summed E-state index contributed by atoms with van der Waals surface area (Å²) in [6.45, 7) is 7.76. The largest absolute Gasteiger partial charge is 0.377 e. The summed E-state index contributed by atoms with van der Waals surface area (Å²) in [6.07, 6.45) is 2.75. The number of hydrogen-bond acceptors (Lipinski definition) is 3. The fraction of sp³-hybridized carbons (Fsp3) is 0.929. The van der Waals surface area contributed by atoms with Crippen LogP contribution in [0.4, 0.5) is 0 Å². The van der Waals surface area contributed by atoms with Gasteiger partial charge in [-0.05, 0) is 25.2 Å². The second-order valence-corrected chi connectivity index (χ2v) is 5.67. The average molecular weight is 256 g/mol. The maximum absolute atomic E-state index is 12.3. The molecular weight excluding hydrogens is 228 g/mol. The molecule has 1 aliphatic rings. The Bertz CT molecular complexity index is 269. The molecule has 0 bridgehead atoms. The van der Waals surface area contributed by atoms with E-state index in [-0.39, 0.29) is 24.0 Å². The first kappa shape index (κ1) is 15.4. The van der Waals surface area contributed by atoms with Gasteiger partial charge in [-0.2, -0.15) is 0 Å². The molecule has 1 aliphatic heterocycles. The summed E-state index contributed by atoms with van der Waals surface area (Å²) >= 11 is 0. The summed E-state index contributed by atoms with van der Waals surface area (Å²) < 4.78 is 5.58. The first-order valence-corrected chi connectivity index (χ1v) is 7.09. The van der Waals surface area contributed by atoms with Gasteiger partial charge in [0.05, 0.1) is 12.0 Å². The first-order valence-electron chi connectivity index (χ1n) is 7.09. The number of rotatable bonds is 6. The molecule has 4 heteroatoms. The van der Waals surface area contributed by atoms with E-state index in [1.807, 2.05) is 11.9 Å². The molecule has 18 heavy (non-hydrogen) atoms. The van der Waals surface area contributed by atoms with Gasteiger partial charge in [0.15, 0.2) is 0 Å². The van der Waals surface area contributed by atoms with Crippen LogP contribution in [0.2, 0.25) is 0 Å². The van der Waals surface area contributed by atoms with Crippen molar-refractivity contribution < 1.29 is 9.53 Å². The van der Waals surface area contributed by atoms with E-state index in [1.165, 1.54) is 0 Å². The normalized spacial score (nSPS) is 25.4. The van der Waals surface area contributed by atoms with Crippen molar-refractivity contribution in [2.45, 2.75) is 52.2 Å². The molecule has 3 atom stereocenters. The van der Waals surface area contributed by atoms with Gasteiger partial charge in [-0.15, -0.1) is 0 Å². The van der Waals surface area contributed by atoms with Crippen molar-refractivity contribution in [2.24, 2.45) is 17.6 Å². The Hall–Kier alpha value is -0.610. The lowest BCUT2D eigenvalue weighted by molar-refractivity contribution is -0.136. The van der Waals surface area contributed by atoms with Gasteiger partial charge in [-0.1, -0.05) is 20.8 Å². The minimum absolute atomic E-state index is 0.0512. The van der Waals surface area contributed by atoms with Gasteiger partial charge in [-0.25, -0.2) is 0 Å². The summed E-state index contributed by atoms with van der Waals surface area (Å²) in [4.78, 5) is 14.1. The van der Waals surface area contributed by atoms with Crippen LogP contribution in [0, 0.1) is 11.8 Å². The molecule has 0 spiro atoms. The van der Waals surface area contributed by atoms with Crippen LogP contribution in [0.3, 0.4) is 0 Å². The fourth-order valence-corrected chi connectivity index (χ4v) is 2.40. The van der Waals surface area contributed by atoms with E-state index >= 15 is 0 Å². The van der Waals surface area contributed by atoms with E-state index in [9.17, 15) is 4.79 Å². The third kappa shape index (κ3) is 3.95. The SMILES string of the molecule is CCC1OCCC1C(=O)N(C)CCC(N)C(C)C. The second kappa shape index (κ2) is 7.10. The number of ether oxygens (including phenoxy) is 1. The van der Waals surface area contributed by atoms with Crippen LogP contribution < -0.4 is 5.73 Å². The summed E-state index contributed by atoms with van der Waals surface area (Å²) in [5, 5.41) is 0. The van der Waals surface area contributed by atoms with Crippen molar-refractivity contribution in [3.05, 3.63) is 0 Å². The molecule has 1 rings (SSSR count). The standard InChI is InChI=1S/C14H28N2O2/c1-5-13-11(7-9-18-13)14(17)16(4)8-6-12(15)10(2)3/h10-13H,5-9,15H2,1-4H3. The van der Waals surface area contributed by atoms with Crippen molar-refractivity contribution in [3.8, 4) is 0 Å². The summed E-state index contributed by atoms with van der Waals surface area (Å²) in [5.41, 5.74) is 6.01. The predicted molar refractivity (Wildman–Crippen MR) is 73.2 cm³/mol. The topological polar surface area (TPSA) is 55.6 Å². The third-order valence-corrected chi connectivity index (χ3v) is 3.96. The zero-order chi connectivity index (χ0) is 13.7. The number of nitrogens with two attached hydrogens (primary N) is 1. The van der Waals surface area contributed by atoms with Crippen LogP contribution in [0.15, 0.2) is 0 Å². The van der Waals surface area contributed by atoms with E-state index in [4.69, 9.17) is 10.5 Å². The van der Waals surface area contributed by atoms with Gasteiger partial charge < -0.3 is 15.4 Å². The number of carbonyl (C=O) groups is 1. The average Bonchev–Trinajstić information content (AvgIpc) is 2.82. The zero-order valence-corrected chi connectivity index (χ0v) is 12.2. The molecule has 0 radical (unpaired) electrons. The first-order chi connectivity index (χ1) is 8.47. The van der Waals surface area contributed by atoms with Gasteiger partial charge in [0.25, 0.3) is 0 Å². The quantitative estimate of drug-likeness (QED) is 0.786. The van der Waals surface area contributed by atoms with Gasteiger partial charge in [0.2, 0.25) is 5.91 Å². The van der Waals surface area contributed by atoms with Gasteiger partial charge >= 0.3 is 0 Å². The molecule has 0 saturated carbocycles. The van der Waals surface area contributed by atoms with Crippen LogP contribution in [-0.4, -0.2) is 43.2 Å². The number of carbonyl (C=O) groups excluding carboxylic acids is 1. The maximum Gasteiger partial charge on any atom is 0.228 e. The molecule has 1 heterocycles. The monoisotopic (exact) mass is 256 g/mol. The number of amides is 1. The van der Waals surface area contributed by atoms with Crippen molar-refractivity contribution in [1.29, 1.82) is 0 Å². The Morgan fingerprint density at radius 1 is 1.50 bits per heavy atom. The molecule has 1 amide bonds. The van der Waals surface area contributed by atoms with Crippen LogP contribution in [0.5, 0.6) is 0 Å². The summed E-state index contributed by atoms with van der Waals surface area (Å²) in [7, 11) is 1.88. The highest BCUT2D eigenvalue weighted by Crippen LogP contribution is 2.25. The van der Waals surface area contributed by atoms with Crippen molar-refractivity contribution in [1.82, 2.24) is 4.90 Å². The molecule has 0 aliphatic carbocycles. The van der Waals surface area contributed by atoms with E-state index < -0.39 is 0 Å². The molecule has 4 nitrogen and oxygen atoms in total. The molecule has 1 fully saturated rings. The Morgan fingerprint density at radius 3 is 2.72 bits per heavy atom. The molecule has 0 aromatic rings. The number of nitrogens with zero attached hydrogens (tertiary/aromatic N) is 1. The Labute approximate surface area is 111 Å². The fourth-order valence-electron chi connectivity index (χ4n) is 2.40. The summed E-state index contributed by atoms with van der Waals surface area (Å²) in [5.74, 6) is 0.734. The highest BCUT2D eigenvalue weighted by Gasteiger charge is 2.34. The predicted octanol–water partition coefficient (Wildman–Crippen LogP) is 1.63. The highest BCUT2D eigenvalue weighted by molar-refractivity contribution is 5.79. The Balaban J connectivity index is 2.41. The van der Waals surface area contributed by atoms with Crippen LogP contribution in [0.25, 0.3) is 0 Å².